The van der Waals surface area contributed by atoms with Crippen LogP contribution in [0.15, 0.2) is 47.5 Å². The topological polar surface area (TPSA) is 32.6 Å². The van der Waals surface area contributed by atoms with E-state index in [1.165, 1.54) is 37.7 Å². The fraction of sp³-hybridized carbons (Fsp3) is 0.435. The van der Waals surface area contributed by atoms with Crippen LogP contribution in [0.25, 0.3) is 0 Å². The third kappa shape index (κ3) is 7.56. The van der Waals surface area contributed by atoms with Gasteiger partial charge in [-0.1, -0.05) is 57.4 Å². The first-order valence-electron chi connectivity index (χ1n) is 9.96. The number of phenols is 1. The number of para-hydroxylation sites is 1. The number of aliphatic imine (C=N–C) groups is 1. The van der Waals surface area contributed by atoms with E-state index < -0.39 is 17.0 Å². The van der Waals surface area contributed by atoms with Crippen molar-refractivity contribution in [2.45, 2.75) is 58.3 Å². The molecule has 1 aliphatic carbocycles. The van der Waals surface area contributed by atoms with Crippen LogP contribution in [-0.2, 0) is 23.5 Å². The molecule has 2 nitrogen and oxygen atoms in total. The molecule has 3 rings (SSSR count). The number of halogens is 2. The molecule has 0 heterocycles. The molecule has 0 saturated heterocycles. The van der Waals surface area contributed by atoms with E-state index in [9.17, 15) is 5.11 Å². The molecule has 0 radical (unpaired) electrons. The van der Waals surface area contributed by atoms with E-state index in [1.54, 1.807) is 0 Å². The summed E-state index contributed by atoms with van der Waals surface area (Å²) in [6.45, 7) is 4.40. The van der Waals surface area contributed by atoms with E-state index in [-0.39, 0.29) is 0 Å². The summed E-state index contributed by atoms with van der Waals surface area (Å²) < 4.78 is 0. The monoisotopic (exact) mass is 453 g/mol. The van der Waals surface area contributed by atoms with Crippen molar-refractivity contribution in [2.75, 3.05) is 0 Å². The second-order valence-corrected chi connectivity index (χ2v) is 10.3. The molecule has 1 saturated carbocycles. The standard InChI is InChI=1S/C23H29NO.2ClH.Ti/c1-17(2)13-20-14-19(18-9-5-3-6-10-18)15-21(23(20)25)16-24-22-11-7-4-8-12-22;;;/h4,7-8,11-12,14-18,25H,3,5-6,9-10,13H2,1-2H3;2*1H;/q;;;+2/p-2. The summed E-state index contributed by atoms with van der Waals surface area (Å²) in [5.74, 6) is 1.54. The molecule has 0 spiro atoms. The molecule has 0 bridgehead atoms. The summed E-state index contributed by atoms with van der Waals surface area (Å²) in [5.41, 5.74) is 4.20. The number of nitrogens with zero attached hydrogens (tertiary/aromatic N) is 1. The molecule has 1 aliphatic rings. The number of rotatable bonds is 5. The summed E-state index contributed by atoms with van der Waals surface area (Å²) in [6, 6.07) is 14.3. The Morgan fingerprint density at radius 3 is 2.36 bits per heavy atom. The minimum absolute atomic E-state index is 0.396. The van der Waals surface area contributed by atoms with E-state index in [0.29, 0.717) is 17.6 Å². The first-order valence-corrected chi connectivity index (χ1v) is 14.3. The van der Waals surface area contributed by atoms with Gasteiger partial charge in [0.15, 0.2) is 0 Å². The summed E-state index contributed by atoms with van der Waals surface area (Å²) in [5, 5.41) is 10.7. The van der Waals surface area contributed by atoms with Gasteiger partial charge in [-0.05, 0) is 60.4 Å². The van der Waals surface area contributed by atoms with Crippen molar-refractivity contribution in [3.8, 4) is 5.75 Å². The molecule has 2 aromatic rings. The Labute approximate surface area is 186 Å². The Morgan fingerprint density at radius 1 is 1.11 bits per heavy atom. The molecule has 28 heavy (non-hydrogen) atoms. The Morgan fingerprint density at radius 2 is 1.75 bits per heavy atom. The maximum atomic E-state index is 10.7. The van der Waals surface area contributed by atoms with E-state index in [0.717, 1.165) is 23.2 Å². The first kappa shape index (κ1) is 23.5. The molecule has 0 unspecified atom stereocenters. The fourth-order valence-corrected chi connectivity index (χ4v) is 3.77. The van der Waals surface area contributed by atoms with Crippen molar-refractivity contribution in [2.24, 2.45) is 10.9 Å². The molecule has 1 fully saturated rings. The van der Waals surface area contributed by atoms with Crippen LogP contribution in [0, 0.1) is 5.92 Å². The number of benzene rings is 2. The third-order valence-corrected chi connectivity index (χ3v) is 5.05. The van der Waals surface area contributed by atoms with Gasteiger partial charge in [0.1, 0.15) is 5.75 Å². The van der Waals surface area contributed by atoms with Crippen LogP contribution in [0.2, 0.25) is 0 Å². The van der Waals surface area contributed by atoms with Crippen LogP contribution in [0.4, 0.5) is 5.69 Å². The average Bonchev–Trinajstić information content (AvgIpc) is 2.70. The van der Waals surface area contributed by atoms with E-state index in [4.69, 9.17) is 18.6 Å². The molecule has 2 aromatic carbocycles. The molecule has 0 aliphatic heterocycles. The van der Waals surface area contributed by atoms with Crippen molar-refractivity contribution >= 4 is 30.5 Å². The Bertz CT molecular complexity index is 744. The van der Waals surface area contributed by atoms with Crippen LogP contribution >= 0.6 is 18.6 Å². The van der Waals surface area contributed by atoms with Crippen LogP contribution < -0.4 is 0 Å². The SMILES string of the molecule is CC(C)Cc1cc(C2CCCCC2)cc(C=Nc2ccccc2)c1O.[Cl][Ti][Cl]. The average molecular weight is 454 g/mol. The van der Waals surface area contributed by atoms with Gasteiger partial charge in [0.2, 0.25) is 0 Å². The summed E-state index contributed by atoms with van der Waals surface area (Å²) in [4.78, 5) is 4.56. The van der Waals surface area contributed by atoms with E-state index in [2.05, 4.69) is 31.0 Å². The van der Waals surface area contributed by atoms with Gasteiger partial charge < -0.3 is 5.11 Å². The zero-order valence-electron chi connectivity index (χ0n) is 16.7. The number of hydrogen-bond donors (Lipinski definition) is 1. The van der Waals surface area contributed by atoms with Gasteiger partial charge in [-0.3, -0.25) is 4.99 Å². The van der Waals surface area contributed by atoms with Gasteiger partial charge in [-0.2, -0.15) is 0 Å². The summed E-state index contributed by atoms with van der Waals surface area (Å²) in [7, 11) is 9.78. The zero-order chi connectivity index (χ0) is 20.4. The molecule has 0 atom stereocenters. The maximum absolute atomic E-state index is 10.7. The van der Waals surface area contributed by atoms with Gasteiger partial charge in [0.05, 0.1) is 5.69 Å². The van der Waals surface area contributed by atoms with Gasteiger partial charge in [-0.15, -0.1) is 0 Å². The second-order valence-electron chi connectivity index (χ2n) is 7.72. The normalized spacial score (nSPS) is 14.8. The van der Waals surface area contributed by atoms with Gasteiger partial charge in [-0.25, -0.2) is 0 Å². The Hall–Kier alpha value is -0.796. The fourth-order valence-electron chi connectivity index (χ4n) is 3.77. The van der Waals surface area contributed by atoms with Gasteiger partial charge >= 0.3 is 35.6 Å². The molecule has 150 valence electrons. The van der Waals surface area contributed by atoms with Crippen LogP contribution in [0.3, 0.4) is 0 Å². The quantitative estimate of drug-likeness (QED) is 0.363. The zero-order valence-corrected chi connectivity index (χ0v) is 19.7. The molecule has 1 N–H and O–H groups in total. The molecule has 0 amide bonds. The summed E-state index contributed by atoms with van der Waals surface area (Å²) >= 11 is -0.556. The molecule has 5 heteroatoms. The van der Waals surface area contributed by atoms with Gasteiger partial charge in [0.25, 0.3) is 0 Å². The Balaban J connectivity index is 0.000000878. The predicted octanol–water partition coefficient (Wildman–Crippen LogP) is 7.77. The van der Waals surface area contributed by atoms with E-state index in [1.807, 2.05) is 36.5 Å². The van der Waals surface area contributed by atoms with Crippen molar-refractivity contribution in [3.05, 3.63) is 59.2 Å². The molecule has 0 aromatic heterocycles. The third-order valence-electron chi connectivity index (χ3n) is 5.05. The molecular weight excluding hydrogens is 425 g/mol. The van der Waals surface area contributed by atoms with Crippen molar-refractivity contribution in [1.82, 2.24) is 0 Å². The number of aromatic hydroxyl groups is 1. The van der Waals surface area contributed by atoms with Crippen molar-refractivity contribution in [1.29, 1.82) is 0 Å². The van der Waals surface area contributed by atoms with Crippen molar-refractivity contribution in [3.63, 3.8) is 0 Å². The second kappa shape index (κ2) is 12.7. The van der Waals surface area contributed by atoms with Gasteiger partial charge in [0, 0.05) is 11.8 Å². The number of phenolic OH excluding ortho intramolecular Hbond substituents is 1. The first-order chi connectivity index (χ1) is 13.5. The van der Waals surface area contributed by atoms with E-state index >= 15 is 0 Å². The minimum atomic E-state index is -0.556. The van der Waals surface area contributed by atoms with Crippen LogP contribution in [0.1, 0.15) is 68.6 Å². The van der Waals surface area contributed by atoms with Crippen LogP contribution in [0.5, 0.6) is 5.75 Å². The van der Waals surface area contributed by atoms with Crippen LogP contribution in [-0.4, -0.2) is 11.3 Å². The molecular formula is C23H29Cl2NOTi. The summed E-state index contributed by atoms with van der Waals surface area (Å²) in [6.07, 6.45) is 9.24. The Kier molecular flexibility index (Phi) is 10.7. The van der Waals surface area contributed by atoms with Crippen molar-refractivity contribution < 1.29 is 22.1 Å². The number of hydrogen-bond acceptors (Lipinski definition) is 2. The predicted molar refractivity (Wildman–Crippen MR) is 118 cm³/mol.